The Morgan fingerprint density at radius 3 is 2.57 bits per heavy atom. The molecule has 150 valence electrons. The minimum Gasteiger partial charge on any atom is -0.385 e. The number of ether oxygens (including phenoxy) is 3. The molecule has 28 heavy (non-hydrogen) atoms. The van der Waals surface area contributed by atoms with Crippen LogP contribution >= 0.6 is 0 Å². The van der Waals surface area contributed by atoms with Gasteiger partial charge in [0, 0.05) is 57.8 Å². The standard InChI is InChI=1S/C21H28N4O3/c1-26-13-5-10-22-18-16-19(24-20(23-18)17-6-3-2-4-7-17)25-11-8-21(9-12-25)27-14-15-28-21/h2-4,6-7,16H,5,8-15H2,1H3,(H,22,23,24). The Balaban J connectivity index is 1.53. The lowest BCUT2D eigenvalue weighted by Gasteiger charge is -2.38. The normalized spacial score (nSPS) is 18.5. The van der Waals surface area contributed by atoms with E-state index in [2.05, 4.69) is 10.2 Å². The van der Waals surface area contributed by atoms with Crippen molar-refractivity contribution in [2.45, 2.75) is 25.0 Å². The third-order valence-corrected chi connectivity index (χ3v) is 5.24. The largest absolute Gasteiger partial charge is 0.385 e. The van der Waals surface area contributed by atoms with Gasteiger partial charge in [-0.25, -0.2) is 9.97 Å². The third kappa shape index (κ3) is 4.43. The van der Waals surface area contributed by atoms with Crippen molar-refractivity contribution >= 4 is 11.6 Å². The fourth-order valence-corrected chi connectivity index (χ4v) is 3.70. The quantitative estimate of drug-likeness (QED) is 0.736. The third-order valence-electron chi connectivity index (χ3n) is 5.24. The molecule has 2 aliphatic heterocycles. The number of nitrogens with one attached hydrogen (secondary N) is 1. The summed E-state index contributed by atoms with van der Waals surface area (Å²) in [6.45, 7) is 4.64. The van der Waals surface area contributed by atoms with E-state index in [4.69, 9.17) is 24.2 Å². The van der Waals surface area contributed by atoms with Crippen molar-refractivity contribution in [3.05, 3.63) is 36.4 Å². The van der Waals surface area contributed by atoms with Crippen LogP contribution < -0.4 is 10.2 Å². The van der Waals surface area contributed by atoms with Crippen molar-refractivity contribution in [1.29, 1.82) is 0 Å². The second-order valence-electron chi connectivity index (χ2n) is 7.17. The van der Waals surface area contributed by atoms with Gasteiger partial charge < -0.3 is 24.4 Å². The van der Waals surface area contributed by atoms with E-state index in [9.17, 15) is 0 Å². The number of hydrogen-bond acceptors (Lipinski definition) is 7. The van der Waals surface area contributed by atoms with E-state index in [0.29, 0.717) is 13.2 Å². The van der Waals surface area contributed by atoms with Crippen LogP contribution in [0.2, 0.25) is 0 Å². The van der Waals surface area contributed by atoms with Gasteiger partial charge in [-0.05, 0) is 6.42 Å². The van der Waals surface area contributed by atoms with Crippen LogP contribution in [-0.2, 0) is 14.2 Å². The molecule has 1 spiro atoms. The second-order valence-corrected chi connectivity index (χ2v) is 7.17. The van der Waals surface area contributed by atoms with Crippen molar-refractivity contribution in [3.8, 4) is 11.4 Å². The highest BCUT2D eigenvalue weighted by Gasteiger charge is 2.40. The molecule has 1 aromatic heterocycles. The number of aromatic nitrogens is 2. The molecule has 4 rings (SSSR count). The first-order valence-electron chi connectivity index (χ1n) is 9.98. The lowest BCUT2D eigenvalue weighted by molar-refractivity contribution is -0.169. The van der Waals surface area contributed by atoms with E-state index in [1.165, 1.54) is 0 Å². The summed E-state index contributed by atoms with van der Waals surface area (Å²) in [5.74, 6) is 2.14. The van der Waals surface area contributed by atoms with E-state index in [0.717, 1.165) is 68.5 Å². The van der Waals surface area contributed by atoms with Crippen LogP contribution in [0.15, 0.2) is 36.4 Å². The number of piperidine rings is 1. The highest BCUT2D eigenvalue weighted by atomic mass is 16.7. The van der Waals surface area contributed by atoms with Crippen LogP contribution in [0, 0.1) is 0 Å². The van der Waals surface area contributed by atoms with Gasteiger partial charge in [-0.1, -0.05) is 30.3 Å². The van der Waals surface area contributed by atoms with Gasteiger partial charge in [0.15, 0.2) is 11.6 Å². The van der Waals surface area contributed by atoms with Gasteiger partial charge in [-0.3, -0.25) is 0 Å². The summed E-state index contributed by atoms with van der Waals surface area (Å²) in [6, 6.07) is 12.1. The van der Waals surface area contributed by atoms with Crippen LogP contribution in [0.3, 0.4) is 0 Å². The number of benzene rings is 1. The Bertz CT molecular complexity index is 756. The summed E-state index contributed by atoms with van der Waals surface area (Å²) in [5.41, 5.74) is 1.01. The van der Waals surface area contributed by atoms with Crippen molar-refractivity contribution in [2.24, 2.45) is 0 Å². The molecule has 7 heteroatoms. The maximum atomic E-state index is 5.85. The Kier molecular flexibility index (Phi) is 6.04. The first-order valence-corrected chi connectivity index (χ1v) is 9.98. The smallest absolute Gasteiger partial charge is 0.171 e. The van der Waals surface area contributed by atoms with Crippen molar-refractivity contribution in [3.63, 3.8) is 0 Å². The molecule has 1 aromatic carbocycles. The van der Waals surface area contributed by atoms with Gasteiger partial charge in [0.25, 0.3) is 0 Å². The van der Waals surface area contributed by atoms with E-state index >= 15 is 0 Å². The molecule has 0 bridgehead atoms. The summed E-state index contributed by atoms with van der Waals surface area (Å²) in [5, 5.41) is 3.41. The average Bonchev–Trinajstić information content (AvgIpc) is 3.20. The fraction of sp³-hybridized carbons (Fsp3) is 0.524. The number of rotatable bonds is 7. The summed E-state index contributed by atoms with van der Waals surface area (Å²) >= 11 is 0. The Morgan fingerprint density at radius 1 is 1.11 bits per heavy atom. The molecule has 0 unspecified atom stereocenters. The molecule has 0 radical (unpaired) electrons. The molecular weight excluding hydrogens is 356 g/mol. The van der Waals surface area contributed by atoms with E-state index in [1.54, 1.807) is 7.11 Å². The first kappa shape index (κ1) is 19.1. The average molecular weight is 384 g/mol. The minimum atomic E-state index is -0.382. The predicted molar refractivity (Wildman–Crippen MR) is 109 cm³/mol. The number of methoxy groups -OCH3 is 1. The molecule has 2 fully saturated rings. The number of anilines is 2. The van der Waals surface area contributed by atoms with Gasteiger partial charge in [0.2, 0.25) is 0 Å². The molecular formula is C21H28N4O3. The number of nitrogens with zero attached hydrogens (tertiary/aromatic N) is 3. The van der Waals surface area contributed by atoms with Crippen molar-refractivity contribution < 1.29 is 14.2 Å². The van der Waals surface area contributed by atoms with E-state index in [-0.39, 0.29) is 5.79 Å². The molecule has 0 aliphatic carbocycles. The van der Waals surface area contributed by atoms with Crippen LogP contribution in [0.4, 0.5) is 11.6 Å². The molecule has 7 nitrogen and oxygen atoms in total. The Morgan fingerprint density at radius 2 is 1.86 bits per heavy atom. The monoisotopic (exact) mass is 384 g/mol. The van der Waals surface area contributed by atoms with Gasteiger partial charge in [0.1, 0.15) is 11.6 Å². The van der Waals surface area contributed by atoms with Crippen LogP contribution in [0.25, 0.3) is 11.4 Å². The predicted octanol–water partition coefficient (Wildman–Crippen LogP) is 2.94. The van der Waals surface area contributed by atoms with Gasteiger partial charge >= 0.3 is 0 Å². The molecule has 2 aliphatic rings. The highest BCUT2D eigenvalue weighted by Crippen LogP contribution is 2.33. The summed E-state index contributed by atoms with van der Waals surface area (Å²) < 4.78 is 16.8. The minimum absolute atomic E-state index is 0.382. The first-order chi connectivity index (χ1) is 13.8. The van der Waals surface area contributed by atoms with E-state index < -0.39 is 0 Å². The van der Waals surface area contributed by atoms with E-state index in [1.807, 2.05) is 36.4 Å². The lowest BCUT2D eigenvalue weighted by atomic mass is 10.0. The highest BCUT2D eigenvalue weighted by molar-refractivity contribution is 5.61. The lowest BCUT2D eigenvalue weighted by Crippen LogP contribution is -2.45. The molecule has 0 amide bonds. The zero-order valence-electron chi connectivity index (χ0n) is 16.4. The molecule has 1 N–H and O–H groups in total. The maximum Gasteiger partial charge on any atom is 0.171 e. The Labute approximate surface area is 166 Å². The number of hydrogen-bond donors (Lipinski definition) is 1. The maximum absolute atomic E-state index is 5.85. The SMILES string of the molecule is COCCCNc1cc(N2CCC3(CC2)OCCO3)nc(-c2ccccc2)n1. The summed E-state index contributed by atoms with van der Waals surface area (Å²) in [6.07, 6.45) is 2.64. The van der Waals surface area contributed by atoms with Crippen LogP contribution in [0.1, 0.15) is 19.3 Å². The molecule has 2 saturated heterocycles. The molecule has 3 heterocycles. The Hall–Kier alpha value is -2.22. The topological polar surface area (TPSA) is 68.7 Å². The van der Waals surface area contributed by atoms with Crippen LogP contribution in [-0.4, -0.2) is 62.3 Å². The second kappa shape index (κ2) is 8.86. The van der Waals surface area contributed by atoms with Crippen molar-refractivity contribution in [2.75, 3.05) is 56.8 Å². The van der Waals surface area contributed by atoms with Crippen LogP contribution in [0.5, 0.6) is 0 Å². The summed E-state index contributed by atoms with van der Waals surface area (Å²) in [4.78, 5) is 11.9. The molecule has 2 aromatic rings. The summed E-state index contributed by atoms with van der Waals surface area (Å²) in [7, 11) is 1.72. The van der Waals surface area contributed by atoms with Gasteiger partial charge in [-0.2, -0.15) is 0 Å². The van der Waals surface area contributed by atoms with Crippen molar-refractivity contribution in [1.82, 2.24) is 9.97 Å². The molecule has 0 saturated carbocycles. The molecule has 0 atom stereocenters. The zero-order chi connectivity index (χ0) is 19.2. The fourth-order valence-electron chi connectivity index (χ4n) is 3.70. The van der Waals surface area contributed by atoms with Gasteiger partial charge in [-0.15, -0.1) is 0 Å². The zero-order valence-corrected chi connectivity index (χ0v) is 16.4. The van der Waals surface area contributed by atoms with Gasteiger partial charge in [0.05, 0.1) is 13.2 Å².